The second-order valence-corrected chi connectivity index (χ2v) is 4.15. The number of carbonyl (C=O) groups excluding carboxylic acids is 1. The molecule has 0 aliphatic carbocycles. The van der Waals surface area contributed by atoms with Crippen LogP contribution in [-0.2, 0) is 11.2 Å². The summed E-state index contributed by atoms with van der Waals surface area (Å²) in [5.41, 5.74) is 6.58. The molecular formula is C13H18N2O4. The smallest absolute Gasteiger partial charge is 0.340 e. The number of nitro groups is 1. The van der Waals surface area contributed by atoms with Crippen molar-refractivity contribution in [3.8, 4) is 0 Å². The van der Waals surface area contributed by atoms with E-state index in [1.54, 1.807) is 6.92 Å². The van der Waals surface area contributed by atoms with Crippen LogP contribution in [0.3, 0.4) is 0 Å². The molecule has 2 N–H and O–H groups in total. The van der Waals surface area contributed by atoms with Crippen molar-refractivity contribution in [3.63, 3.8) is 0 Å². The number of unbranched alkanes of at least 4 members (excludes halogenated alkanes) is 1. The second kappa shape index (κ2) is 6.72. The lowest BCUT2D eigenvalue weighted by Gasteiger charge is -2.11. The van der Waals surface area contributed by atoms with Crippen LogP contribution < -0.4 is 5.73 Å². The number of hydrogen-bond donors (Lipinski definition) is 1. The predicted octanol–water partition coefficient (Wildman–Crippen LogP) is 2.70. The third-order valence-electron chi connectivity index (χ3n) is 2.73. The van der Waals surface area contributed by atoms with Crippen LogP contribution in [-0.4, -0.2) is 17.5 Å². The minimum atomic E-state index is -0.527. The fourth-order valence-corrected chi connectivity index (χ4v) is 1.83. The van der Waals surface area contributed by atoms with Crippen molar-refractivity contribution < 1.29 is 14.5 Å². The summed E-state index contributed by atoms with van der Waals surface area (Å²) in [7, 11) is 0. The standard InChI is InChI=1S/C13H18N2O4/c1-3-5-6-9-7-10(15(17)18)8-11(14)12(9)13(16)19-4-2/h7-8H,3-6,14H2,1-2H3. The first-order chi connectivity index (χ1) is 9.01. The number of non-ortho nitro benzene ring substituents is 1. The average Bonchev–Trinajstić information content (AvgIpc) is 2.35. The van der Waals surface area contributed by atoms with E-state index in [1.807, 2.05) is 6.92 Å². The normalized spacial score (nSPS) is 10.2. The number of hydrogen-bond acceptors (Lipinski definition) is 5. The summed E-state index contributed by atoms with van der Waals surface area (Å²) in [6.45, 7) is 3.94. The minimum Gasteiger partial charge on any atom is -0.462 e. The number of nitrogen functional groups attached to an aromatic ring is 1. The van der Waals surface area contributed by atoms with Gasteiger partial charge in [-0.3, -0.25) is 10.1 Å². The molecule has 0 heterocycles. The first-order valence-corrected chi connectivity index (χ1v) is 6.25. The number of carbonyl (C=O) groups is 1. The lowest BCUT2D eigenvalue weighted by atomic mass is 9.99. The van der Waals surface area contributed by atoms with Crippen LogP contribution in [0.25, 0.3) is 0 Å². The van der Waals surface area contributed by atoms with Crippen LogP contribution in [0.5, 0.6) is 0 Å². The molecule has 0 saturated carbocycles. The molecule has 0 fully saturated rings. The molecular weight excluding hydrogens is 248 g/mol. The summed E-state index contributed by atoms with van der Waals surface area (Å²) in [6.07, 6.45) is 2.31. The second-order valence-electron chi connectivity index (χ2n) is 4.15. The minimum absolute atomic E-state index is 0.0961. The van der Waals surface area contributed by atoms with E-state index in [1.165, 1.54) is 12.1 Å². The molecule has 0 saturated heterocycles. The number of anilines is 1. The highest BCUT2D eigenvalue weighted by atomic mass is 16.6. The molecule has 6 nitrogen and oxygen atoms in total. The Kier molecular flexibility index (Phi) is 5.29. The zero-order chi connectivity index (χ0) is 14.4. The van der Waals surface area contributed by atoms with E-state index in [9.17, 15) is 14.9 Å². The quantitative estimate of drug-likeness (QED) is 0.369. The molecule has 19 heavy (non-hydrogen) atoms. The molecule has 0 aromatic heterocycles. The zero-order valence-corrected chi connectivity index (χ0v) is 11.1. The Morgan fingerprint density at radius 1 is 1.42 bits per heavy atom. The third-order valence-corrected chi connectivity index (χ3v) is 2.73. The molecule has 0 atom stereocenters. The van der Waals surface area contributed by atoms with E-state index >= 15 is 0 Å². The highest BCUT2D eigenvalue weighted by molar-refractivity contribution is 5.97. The molecule has 1 rings (SSSR count). The van der Waals surface area contributed by atoms with Gasteiger partial charge in [0.15, 0.2) is 0 Å². The molecule has 0 bridgehead atoms. The van der Waals surface area contributed by atoms with Gasteiger partial charge < -0.3 is 10.5 Å². The number of rotatable bonds is 6. The lowest BCUT2D eigenvalue weighted by Crippen LogP contribution is -2.12. The largest absolute Gasteiger partial charge is 0.462 e. The summed E-state index contributed by atoms with van der Waals surface area (Å²) in [5.74, 6) is -0.527. The van der Waals surface area contributed by atoms with Crippen LogP contribution in [0.4, 0.5) is 11.4 Å². The van der Waals surface area contributed by atoms with Gasteiger partial charge in [-0.05, 0) is 25.3 Å². The van der Waals surface area contributed by atoms with Crippen molar-refractivity contribution in [3.05, 3.63) is 33.4 Å². The van der Waals surface area contributed by atoms with Crippen LogP contribution in [0.2, 0.25) is 0 Å². The third kappa shape index (κ3) is 3.67. The topological polar surface area (TPSA) is 95.5 Å². The summed E-state index contributed by atoms with van der Waals surface area (Å²) in [6, 6.07) is 2.60. The molecule has 1 aromatic rings. The molecule has 0 radical (unpaired) electrons. The van der Waals surface area contributed by atoms with E-state index in [-0.39, 0.29) is 23.5 Å². The fourth-order valence-electron chi connectivity index (χ4n) is 1.83. The summed E-state index contributed by atoms with van der Waals surface area (Å²) in [4.78, 5) is 22.2. The maximum Gasteiger partial charge on any atom is 0.340 e. The van der Waals surface area contributed by atoms with E-state index < -0.39 is 10.9 Å². The van der Waals surface area contributed by atoms with Crippen molar-refractivity contribution in [2.75, 3.05) is 12.3 Å². The van der Waals surface area contributed by atoms with Crippen molar-refractivity contribution in [2.45, 2.75) is 33.1 Å². The molecule has 0 spiro atoms. The Hall–Kier alpha value is -2.11. The molecule has 104 valence electrons. The van der Waals surface area contributed by atoms with Crippen LogP contribution in [0, 0.1) is 10.1 Å². The number of nitrogens with zero attached hydrogens (tertiary/aromatic N) is 1. The monoisotopic (exact) mass is 266 g/mol. The molecule has 0 unspecified atom stereocenters. The lowest BCUT2D eigenvalue weighted by molar-refractivity contribution is -0.384. The van der Waals surface area contributed by atoms with Gasteiger partial charge in [0.1, 0.15) is 0 Å². The summed E-state index contributed by atoms with van der Waals surface area (Å²) >= 11 is 0. The van der Waals surface area contributed by atoms with Gasteiger partial charge >= 0.3 is 5.97 Å². The van der Waals surface area contributed by atoms with E-state index in [0.29, 0.717) is 12.0 Å². The predicted molar refractivity (Wildman–Crippen MR) is 72.1 cm³/mol. The first kappa shape index (κ1) is 14.9. The first-order valence-electron chi connectivity index (χ1n) is 6.25. The van der Waals surface area contributed by atoms with Gasteiger partial charge in [-0.1, -0.05) is 13.3 Å². The van der Waals surface area contributed by atoms with Gasteiger partial charge in [0, 0.05) is 12.1 Å². The van der Waals surface area contributed by atoms with Crippen molar-refractivity contribution in [1.82, 2.24) is 0 Å². The number of aryl methyl sites for hydroxylation is 1. The van der Waals surface area contributed by atoms with Crippen molar-refractivity contribution in [1.29, 1.82) is 0 Å². The van der Waals surface area contributed by atoms with Gasteiger partial charge in [0.05, 0.1) is 22.8 Å². The van der Waals surface area contributed by atoms with Gasteiger partial charge in [-0.15, -0.1) is 0 Å². The maximum atomic E-state index is 11.9. The zero-order valence-electron chi connectivity index (χ0n) is 11.1. The average molecular weight is 266 g/mol. The van der Waals surface area contributed by atoms with Crippen molar-refractivity contribution >= 4 is 17.3 Å². The highest BCUT2D eigenvalue weighted by Gasteiger charge is 2.20. The van der Waals surface area contributed by atoms with Gasteiger partial charge in [0.2, 0.25) is 0 Å². The van der Waals surface area contributed by atoms with E-state index in [0.717, 1.165) is 12.8 Å². The molecule has 0 aliphatic rings. The van der Waals surface area contributed by atoms with Crippen molar-refractivity contribution in [2.24, 2.45) is 0 Å². The molecule has 1 aromatic carbocycles. The van der Waals surface area contributed by atoms with Crippen LogP contribution >= 0.6 is 0 Å². The number of esters is 1. The molecule has 0 amide bonds. The SMILES string of the molecule is CCCCc1cc([N+](=O)[O-])cc(N)c1C(=O)OCC. The fraction of sp³-hybridized carbons (Fsp3) is 0.462. The maximum absolute atomic E-state index is 11.9. The van der Waals surface area contributed by atoms with Crippen LogP contribution in [0.15, 0.2) is 12.1 Å². The number of nitro benzene ring substituents is 1. The number of ether oxygens (including phenoxy) is 1. The van der Waals surface area contributed by atoms with E-state index in [4.69, 9.17) is 10.5 Å². The summed E-state index contributed by atoms with van der Waals surface area (Å²) in [5, 5.41) is 10.8. The Labute approximate surface area is 111 Å². The van der Waals surface area contributed by atoms with Gasteiger partial charge in [0.25, 0.3) is 5.69 Å². The van der Waals surface area contributed by atoms with E-state index in [2.05, 4.69) is 0 Å². The Bertz CT molecular complexity index is 486. The number of benzene rings is 1. The van der Waals surface area contributed by atoms with Gasteiger partial charge in [-0.2, -0.15) is 0 Å². The number of nitrogens with two attached hydrogens (primary N) is 1. The summed E-state index contributed by atoms with van der Waals surface area (Å²) < 4.78 is 4.94. The van der Waals surface area contributed by atoms with Gasteiger partial charge in [-0.25, -0.2) is 4.79 Å². The molecule has 0 aliphatic heterocycles. The molecule has 6 heteroatoms. The van der Waals surface area contributed by atoms with Crippen LogP contribution in [0.1, 0.15) is 42.6 Å². The highest BCUT2D eigenvalue weighted by Crippen LogP contribution is 2.26. The Morgan fingerprint density at radius 3 is 2.63 bits per heavy atom. The Morgan fingerprint density at radius 2 is 2.11 bits per heavy atom. The Balaban J connectivity index is 3.25.